The zero-order chi connectivity index (χ0) is 51.9. The van der Waals surface area contributed by atoms with Crippen molar-refractivity contribution in [3.05, 3.63) is 40.0 Å². The number of aromatic nitrogens is 4. The Bertz CT molecular complexity index is 1960. The lowest BCUT2D eigenvalue weighted by atomic mass is 9.67. The lowest BCUT2D eigenvalue weighted by molar-refractivity contribution is 0.0192. The number of ether oxygens (including phenoxy) is 4. The molecule has 0 saturated heterocycles. The molecule has 1 saturated carbocycles. The first-order valence-corrected chi connectivity index (χ1v) is 26.9. The third-order valence-electron chi connectivity index (χ3n) is 15.0. The third-order valence-corrected chi connectivity index (χ3v) is 15.0. The van der Waals surface area contributed by atoms with E-state index in [4.69, 9.17) is 34.3 Å². The van der Waals surface area contributed by atoms with Crippen molar-refractivity contribution in [2.24, 2.45) is 10.8 Å². The average Bonchev–Trinajstić information content (AvgIpc) is 4.12. The number of aliphatic hydroxyl groups excluding tert-OH is 1. The van der Waals surface area contributed by atoms with Gasteiger partial charge in [0.25, 0.3) is 0 Å². The zero-order valence-corrected chi connectivity index (χ0v) is 46.8. The maximum atomic E-state index is 12.3. The summed E-state index contributed by atoms with van der Waals surface area (Å²) in [6.07, 6.45) is 17.3. The summed E-state index contributed by atoms with van der Waals surface area (Å²) in [7, 11) is 8.84. The van der Waals surface area contributed by atoms with E-state index >= 15 is 0 Å². The molecule has 1 atom stereocenters. The standard InChI is InChI=1S/C27H48N4O3.C27H46N4O3.CH4O.CH4/c2*1-8-27(20-33-9-2)14-12-21(13-15-27)24-22(28-31-16-10-11-23(24)31)19-29(6)17-18-30(7)25(32)34-26(3,4)5;1-2;/h21H,8-20H2,1-7H3;12H,8-11,13-20H2,1-7H3;2H,1H3;1H4. The van der Waals surface area contributed by atoms with Crippen molar-refractivity contribution < 1.29 is 33.6 Å². The molecule has 15 heteroatoms. The van der Waals surface area contributed by atoms with Crippen molar-refractivity contribution in [1.29, 1.82) is 0 Å². The lowest BCUT2D eigenvalue weighted by Gasteiger charge is -2.40. The number of fused-ring (bicyclic) bond motifs is 2. The highest BCUT2D eigenvalue weighted by Crippen LogP contribution is 2.48. The Hall–Kier alpha value is -3.50. The molecule has 0 spiro atoms. The van der Waals surface area contributed by atoms with Gasteiger partial charge in [-0.05, 0) is 175 Å². The maximum Gasteiger partial charge on any atom is 0.410 e. The first kappa shape index (κ1) is 61.8. The fourth-order valence-electron chi connectivity index (χ4n) is 10.5. The smallest absolute Gasteiger partial charge is 0.410 e. The molecular weight excluding hydrogens is 897 g/mol. The molecule has 2 aliphatic heterocycles. The van der Waals surface area contributed by atoms with E-state index in [1.165, 1.54) is 90.8 Å². The second-order valence-electron chi connectivity index (χ2n) is 22.7. The van der Waals surface area contributed by atoms with Gasteiger partial charge in [-0.3, -0.25) is 19.2 Å². The molecule has 2 aromatic rings. The number of carbonyl (C=O) groups is 2. The largest absolute Gasteiger partial charge is 0.444 e. The second-order valence-corrected chi connectivity index (χ2v) is 22.7. The summed E-state index contributed by atoms with van der Waals surface area (Å²) in [5.74, 6) is 0.607. The zero-order valence-electron chi connectivity index (χ0n) is 46.8. The first-order valence-electron chi connectivity index (χ1n) is 26.9. The molecule has 4 heterocycles. The fourth-order valence-corrected chi connectivity index (χ4v) is 10.5. The van der Waals surface area contributed by atoms with Gasteiger partial charge in [0, 0.05) is 109 Å². The molecule has 0 bridgehead atoms. The Kier molecular flexibility index (Phi) is 24.6. The number of likely N-dealkylation sites (N-methyl/N-ethyl adjacent to an activating group) is 4. The first-order chi connectivity index (χ1) is 33.1. The van der Waals surface area contributed by atoms with Crippen molar-refractivity contribution in [3.8, 4) is 0 Å². The molecule has 1 N–H and O–H groups in total. The van der Waals surface area contributed by atoms with E-state index in [0.29, 0.717) is 24.4 Å². The normalized spacial score (nSPS) is 20.8. The van der Waals surface area contributed by atoms with Crippen molar-refractivity contribution in [2.45, 2.75) is 203 Å². The predicted octanol–water partition coefficient (Wildman–Crippen LogP) is 10.6. The van der Waals surface area contributed by atoms with E-state index in [1.807, 2.05) is 48.6 Å². The maximum absolute atomic E-state index is 12.3. The summed E-state index contributed by atoms with van der Waals surface area (Å²) < 4.78 is 27.2. The van der Waals surface area contributed by atoms with Gasteiger partial charge in [-0.1, -0.05) is 27.4 Å². The Morgan fingerprint density at radius 3 is 1.61 bits per heavy atom. The summed E-state index contributed by atoms with van der Waals surface area (Å²) in [6, 6.07) is 0. The SMILES string of the molecule is C.CCOCC1(CC)CC=C(c2c(CN(C)CCN(C)C(=O)OC(C)(C)C)nn3c2CCC3)CC1.CCOCC1(CC)CCC(c2c(CN(C)CCN(C)C(=O)OC(C)(C)C)nn3c2CCC3)CC1.CO. The molecular formula is C56H102N8O7. The number of hydrogen-bond acceptors (Lipinski definition) is 11. The van der Waals surface area contributed by atoms with E-state index < -0.39 is 11.2 Å². The molecule has 2 aromatic heterocycles. The van der Waals surface area contributed by atoms with Crippen molar-refractivity contribution in [3.63, 3.8) is 0 Å². The Morgan fingerprint density at radius 1 is 0.676 bits per heavy atom. The van der Waals surface area contributed by atoms with Crippen molar-refractivity contribution >= 4 is 17.8 Å². The number of hydrogen-bond donors (Lipinski definition) is 1. The van der Waals surface area contributed by atoms with Crippen molar-refractivity contribution in [1.82, 2.24) is 39.2 Å². The summed E-state index contributed by atoms with van der Waals surface area (Å²) in [6.45, 7) is 30.0. The molecule has 408 valence electrons. The van der Waals surface area contributed by atoms with E-state index in [2.05, 4.69) is 67.0 Å². The number of amides is 2. The van der Waals surface area contributed by atoms with Crippen molar-refractivity contribution in [2.75, 3.05) is 87.9 Å². The van der Waals surface area contributed by atoms with Crippen LogP contribution in [0.4, 0.5) is 9.59 Å². The molecule has 6 rings (SSSR count). The van der Waals surface area contributed by atoms with Crippen LogP contribution in [0.2, 0.25) is 0 Å². The monoisotopic (exact) mass is 999 g/mol. The van der Waals surface area contributed by atoms with Gasteiger partial charge in [0.05, 0.1) is 24.6 Å². The molecule has 2 aliphatic carbocycles. The minimum Gasteiger partial charge on any atom is -0.444 e. The number of carbonyl (C=O) groups excluding carboxylic acids is 2. The molecule has 0 radical (unpaired) electrons. The predicted molar refractivity (Wildman–Crippen MR) is 288 cm³/mol. The minimum atomic E-state index is -0.477. The van der Waals surface area contributed by atoms with Crippen LogP contribution in [0.1, 0.15) is 187 Å². The van der Waals surface area contributed by atoms with Gasteiger partial charge in [-0.2, -0.15) is 10.2 Å². The van der Waals surface area contributed by atoms with E-state index in [-0.39, 0.29) is 25.0 Å². The molecule has 1 fully saturated rings. The van der Waals surface area contributed by atoms with Gasteiger partial charge in [-0.15, -0.1) is 0 Å². The van der Waals surface area contributed by atoms with Crippen LogP contribution in [0.5, 0.6) is 0 Å². The van der Waals surface area contributed by atoms with Gasteiger partial charge in [0.1, 0.15) is 11.2 Å². The number of aryl methyl sites for hydroxylation is 2. The fraction of sp³-hybridized carbons (Fsp3) is 0.821. The summed E-state index contributed by atoms with van der Waals surface area (Å²) >= 11 is 0. The molecule has 15 nitrogen and oxygen atoms in total. The van der Waals surface area contributed by atoms with E-state index in [1.54, 1.807) is 16.8 Å². The van der Waals surface area contributed by atoms with Crippen LogP contribution in [0, 0.1) is 10.8 Å². The minimum absolute atomic E-state index is 0. The van der Waals surface area contributed by atoms with Crippen LogP contribution < -0.4 is 0 Å². The molecule has 4 aliphatic rings. The number of aliphatic hydroxyl groups is 1. The second kappa shape index (κ2) is 28.2. The van der Waals surface area contributed by atoms with E-state index in [0.717, 1.165) is 105 Å². The number of allylic oxidation sites excluding steroid dienone is 2. The molecule has 2 amide bonds. The van der Waals surface area contributed by atoms with Crippen LogP contribution in [-0.2, 0) is 58.0 Å². The van der Waals surface area contributed by atoms with Crippen LogP contribution in [0.25, 0.3) is 5.57 Å². The van der Waals surface area contributed by atoms with E-state index in [9.17, 15) is 9.59 Å². The molecule has 0 aromatic carbocycles. The topological polar surface area (TPSA) is 140 Å². The van der Waals surface area contributed by atoms with Gasteiger partial charge in [0.2, 0.25) is 0 Å². The molecule has 1 unspecified atom stereocenters. The van der Waals surface area contributed by atoms with Gasteiger partial charge in [-0.25, -0.2) is 9.59 Å². The highest BCUT2D eigenvalue weighted by atomic mass is 16.6. The number of nitrogens with zero attached hydrogens (tertiary/aromatic N) is 8. The number of rotatable bonds is 20. The van der Waals surface area contributed by atoms with Crippen LogP contribution in [-0.4, -0.2) is 156 Å². The average molecular weight is 999 g/mol. The highest BCUT2D eigenvalue weighted by Gasteiger charge is 2.38. The molecule has 71 heavy (non-hydrogen) atoms. The van der Waals surface area contributed by atoms with Crippen LogP contribution >= 0.6 is 0 Å². The van der Waals surface area contributed by atoms with Gasteiger partial charge >= 0.3 is 12.2 Å². The van der Waals surface area contributed by atoms with Gasteiger partial charge in [0.15, 0.2) is 0 Å². The quantitative estimate of drug-likeness (QED) is 0.136. The lowest BCUT2D eigenvalue weighted by Crippen LogP contribution is -2.38. The van der Waals surface area contributed by atoms with Gasteiger partial charge < -0.3 is 33.9 Å². The summed E-state index contributed by atoms with van der Waals surface area (Å²) in [4.78, 5) is 32.4. The summed E-state index contributed by atoms with van der Waals surface area (Å²) in [5, 5.41) is 17.1. The summed E-state index contributed by atoms with van der Waals surface area (Å²) in [5.41, 5.74) is 9.40. The van der Waals surface area contributed by atoms with Crippen LogP contribution in [0.3, 0.4) is 0 Å². The Morgan fingerprint density at radius 2 is 1.14 bits per heavy atom. The Balaban J connectivity index is 0.000000358. The van der Waals surface area contributed by atoms with Crippen LogP contribution in [0.15, 0.2) is 6.08 Å². The third kappa shape index (κ3) is 17.8. The Labute approximate surface area is 431 Å². The highest BCUT2D eigenvalue weighted by molar-refractivity contribution is 5.71.